The zero-order chi connectivity index (χ0) is 18.9. The second-order valence-corrected chi connectivity index (χ2v) is 6.81. The fourth-order valence-corrected chi connectivity index (χ4v) is 3.44. The van der Waals surface area contributed by atoms with Gasteiger partial charge >= 0.3 is 0 Å². The number of halogens is 2. The number of fused-ring (bicyclic) bond motifs is 1. The highest BCUT2D eigenvalue weighted by atomic mass is 35.5. The molecule has 3 aromatic heterocycles. The number of benzene rings is 1. The number of rotatable bonds is 4. The number of aromatic amines is 1. The number of aromatic nitrogens is 5. The summed E-state index contributed by atoms with van der Waals surface area (Å²) < 4.78 is 7.16. The Balaban J connectivity index is 0.00000128. The van der Waals surface area contributed by atoms with Crippen molar-refractivity contribution in [1.82, 2.24) is 30.3 Å². The summed E-state index contributed by atoms with van der Waals surface area (Å²) in [6.45, 7) is 1.91. The molecule has 11 heteroatoms. The van der Waals surface area contributed by atoms with Crippen LogP contribution in [0.15, 0.2) is 47.2 Å². The molecule has 5 rings (SSSR count). The van der Waals surface area contributed by atoms with Gasteiger partial charge in [0.25, 0.3) is 5.91 Å². The zero-order valence-electron chi connectivity index (χ0n) is 15.9. The molecular formula is C19H21Cl2N7O2. The topological polar surface area (TPSA) is 114 Å². The van der Waals surface area contributed by atoms with Crippen LogP contribution in [0.25, 0.3) is 22.6 Å². The Kier molecular flexibility index (Phi) is 6.76. The van der Waals surface area contributed by atoms with E-state index in [1.807, 2.05) is 30.3 Å². The Labute approximate surface area is 184 Å². The van der Waals surface area contributed by atoms with Crippen molar-refractivity contribution in [2.45, 2.75) is 18.9 Å². The molecule has 3 N–H and O–H groups in total. The third-order valence-electron chi connectivity index (χ3n) is 4.92. The number of furan rings is 1. The van der Waals surface area contributed by atoms with Gasteiger partial charge in [0, 0.05) is 5.69 Å². The molecule has 4 heterocycles. The van der Waals surface area contributed by atoms with Crippen LogP contribution in [-0.2, 0) is 0 Å². The normalized spacial score (nSPS) is 14.1. The number of imidazole rings is 1. The Morgan fingerprint density at radius 3 is 2.80 bits per heavy atom. The fraction of sp³-hybridized carbons (Fsp3) is 0.263. The second kappa shape index (κ2) is 9.29. The summed E-state index contributed by atoms with van der Waals surface area (Å²) in [6.07, 6.45) is 5.29. The predicted molar refractivity (Wildman–Crippen MR) is 117 cm³/mol. The lowest BCUT2D eigenvalue weighted by atomic mass is 10.1. The molecule has 1 aliphatic heterocycles. The highest BCUT2D eigenvalue weighted by Gasteiger charge is 2.19. The number of carbonyl (C=O) groups is 1. The minimum Gasteiger partial charge on any atom is -0.461 e. The van der Waals surface area contributed by atoms with Crippen LogP contribution in [0.2, 0.25) is 0 Å². The summed E-state index contributed by atoms with van der Waals surface area (Å²) in [4.78, 5) is 20.3. The lowest BCUT2D eigenvalue weighted by Gasteiger charge is -2.22. The second-order valence-electron chi connectivity index (χ2n) is 6.81. The van der Waals surface area contributed by atoms with E-state index in [4.69, 9.17) is 4.42 Å². The standard InChI is InChI=1S/C19H19N7O2.2ClH/c27-19(16-11-26(25-24-16)13-5-7-20-8-6-13)21-12-3-4-14-15(10-12)23-18(22-14)17-2-1-9-28-17;;/h1-4,9-11,13,20H,5-8H2,(H,21,27)(H,22,23);2*1H. The summed E-state index contributed by atoms with van der Waals surface area (Å²) in [5.74, 6) is 1.02. The number of nitrogens with zero attached hydrogens (tertiary/aromatic N) is 4. The van der Waals surface area contributed by atoms with Gasteiger partial charge in [0.2, 0.25) is 0 Å². The molecule has 1 aromatic carbocycles. The molecule has 0 atom stereocenters. The lowest BCUT2D eigenvalue weighted by Crippen LogP contribution is -2.29. The van der Waals surface area contributed by atoms with Crippen LogP contribution < -0.4 is 10.6 Å². The first-order valence-corrected chi connectivity index (χ1v) is 9.24. The first kappa shape index (κ1) is 21.8. The Hall–Kier alpha value is -2.88. The third-order valence-corrected chi connectivity index (χ3v) is 4.92. The van der Waals surface area contributed by atoms with Crippen LogP contribution in [0.4, 0.5) is 5.69 Å². The van der Waals surface area contributed by atoms with Gasteiger partial charge in [-0.3, -0.25) is 4.79 Å². The van der Waals surface area contributed by atoms with Gasteiger partial charge in [0.15, 0.2) is 17.3 Å². The van der Waals surface area contributed by atoms with Crippen molar-refractivity contribution in [2.24, 2.45) is 0 Å². The average molecular weight is 450 g/mol. The molecule has 0 saturated carbocycles. The van der Waals surface area contributed by atoms with Crippen molar-refractivity contribution in [3.05, 3.63) is 48.5 Å². The largest absolute Gasteiger partial charge is 0.461 e. The van der Waals surface area contributed by atoms with Crippen molar-refractivity contribution in [2.75, 3.05) is 18.4 Å². The van der Waals surface area contributed by atoms with Gasteiger partial charge < -0.3 is 20.0 Å². The van der Waals surface area contributed by atoms with Gasteiger partial charge in [-0.05, 0) is 56.3 Å². The number of hydrogen-bond donors (Lipinski definition) is 3. The number of nitrogens with one attached hydrogen (secondary N) is 3. The molecule has 30 heavy (non-hydrogen) atoms. The van der Waals surface area contributed by atoms with Gasteiger partial charge in [-0.15, -0.1) is 29.9 Å². The molecule has 0 aliphatic carbocycles. The van der Waals surface area contributed by atoms with Crippen LogP contribution in [-0.4, -0.2) is 44.0 Å². The molecule has 0 radical (unpaired) electrons. The van der Waals surface area contributed by atoms with E-state index >= 15 is 0 Å². The minimum absolute atomic E-state index is 0. The molecule has 1 fully saturated rings. The Bertz CT molecular complexity index is 1120. The number of piperidine rings is 1. The molecule has 0 unspecified atom stereocenters. The fourth-order valence-electron chi connectivity index (χ4n) is 3.44. The van der Waals surface area contributed by atoms with Gasteiger partial charge in [-0.2, -0.15) is 0 Å². The molecule has 1 aliphatic rings. The van der Waals surface area contributed by atoms with E-state index in [0.29, 0.717) is 23.0 Å². The maximum atomic E-state index is 12.6. The number of hydrogen-bond acceptors (Lipinski definition) is 6. The van der Waals surface area contributed by atoms with E-state index in [0.717, 1.165) is 37.0 Å². The smallest absolute Gasteiger partial charge is 0.277 e. The molecule has 1 saturated heterocycles. The van der Waals surface area contributed by atoms with Crippen molar-refractivity contribution in [3.8, 4) is 11.6 Å². The number of carbonyl (C=O) groups excluding carboxylic acids is 1. The molecule has 0 bridgehead atoms. The summed E-state index contributed by atoms with van der Waals surface area (Å²) >= 11 is 0. The van der Waals surface area contributed by atoms with Crippen molar-refractivity contribution >= 4 is 47.4 Å². The van der Waals surface area contributed by atoms with Gasteiger partial charge in [0.05, 0.1) is 29.5 Å². The zero-order valence-corrected chi connectivity index (χ0v) is 17.5. The van der Waals surface area contributed by atoms with Crippen LogP contribution in [0.3, 0.4) is 0 Å². The molecule has 1 amide bonds. The average Bonchev–Trinajstić information content (AvgIpc) is 3.47. The van der Waals surface area contributed by atoms with Crippen molar-refractivity contribution in [3.63, 3.8) is 0 Å². The van der Waals surface area contributed by atoms with Crippen LogP contribution >= 0.6 is 24.8 Å². The first-order chi connectivity index (χ1) is 13.8. The monoisotopic (exact) mass is 449 g/mol. The highest BCUT2D eigenvalue weighted by molar-refractivity contribution is 6.03. The minimum atomic E-state index is -0.287. The SMILES string of the molecule is Cl.Cl.O=C(Nc1ccc2nc(-c3ccco3)[nH]c2c1)c1cn(C2CCNCC2)nn1. The molecule has 0 spiro atoms. The summed E-state index contributed by atoms with van der Waals surface area (Å²) in [7, 11) is 0. The van der Waals surface area contributed by atoms with E-state index in [1.165, 1.54) is 0 Å². The molecule has 9 nitrogen and oxygen atoms in total. The van der Waals surface area contributed by atoms with E-state index in [1.54, 1.807) is 17.1 Å². The van der Waals surface area contributed by atoms with E-state index in [2.05, 4.69) is 30.9 Å². The number of anilines is 1. The maximum Gasteiger partial charge on any atom is 0.277 e. The maximum absolute atomic E-state index is 12.6. The van der Waals surface area contributed by atoms with Crippen LogP contribution in [0.5, 0.6) is 0 Å². The predicted octanol–water partition coefficient (Wildman–Crippen LogP) is 3.43. The molecule has 158 valence electrons. The van der Waals surface area contributed by atoms with E-state index < -0.39 is 0 Å². The van der Waals surface area contributed by atoms with E-state index in [-0.39, 0.29) is 36.8 Å². The van der Waals surface area contributed by atoms with Crippen LogP contribution in [0, 0.1) is 0 Å². The van der Waals surface area contributed by atoms with Crippen molar-refractivity contribution in [1.29, 1.82) is 0 Å². The number of amides is 1. The highest BCUT2D eigenvalue weighted by Crippen LogP contribution is 2.23. The summed E-state index contributed by atoms with van der Waals surface area (Å²) in [5, 5.41) is 14.4. The van der Waals surface area contributed by atoms with Crippen LogP contribution in [0.1, 0.15) is 29.4 Å². The third kappa shape index (κ3) is 4.33. The first-order valence-electron chi connectivity index (χ1n) is 9.24. The van der Waals surface area contributed by atoms with Crippen molar-refractivity contribution < 1.29 is 9.21 Å². The summed E-state index contributed by atoms with van der Waals surface area (Å²) in [6, 6.07) is 9.43. The quantitative estimate of drug-likeness (QED) is 0.439. The molecule has 4 aromatic rings. The number of H-pyrrole nitrogens is 1. The molecular weight excluding hydrogens is 429 g/mol. The Morgan fingerprint density at radius 1 is 1.20 bits per heavy atom. The van der Waals surface area contributed by atoms with Gasteiger partial charge in [0.1, 0.15) is 0 Å². The van der Waals surface area contributed by atoms with Gasteiger partial charge in [-0.25, -0.2) is 9.67 Å². The van der Waals surface area contributed by atoms with E-state index in [9.17, 15) is 4.79 Å². The van der Waals surface area contributed by atoms with Gasteiger partial charge in [-0.1, -0.05) is 5.21 Å². The summed E-state index contributed by atoms with van der Waals surface area (Å²) in [5.41, 5.74) is 2.56. The Morgan fingerprint density at radius 2 is 2.03 bits per heavy atom. The lowest BCUT2D eigenvalue weighted by molar-refractivity contribution is 0.102.